The largest absolute Gasteiger partial charge is 0.494 e. The van der Waals surface area contributed by atoms with Crippen molar-refractivity contribution < 1.29 is 22.7 Å². The van der Waals surface area contributed by atoms with Crippen molar-refractivity contribution in [2.45, 2.75) is 0 Å². The van der Waals surface area contributed by atoms with E-state index in [9.17, 15) is 18.0 Å². The summed E-state index contributed by atoms with van der Waals surface area (Å²) in [4.78, 5) is 16.2. The molecule has 0 aliphatic rings. The molecule has 0 saturated carbocycles. The van der Waals surface area contributed by atoms with Crippen LogP contribution in [0, 0.1) is 17.5 Å². The van der Waals surface area contributed by atoms with Gasteiger partial charge in [0.25, 0.3) is 5.91 Å². The number of thiazole rings is 1. The Balaban J connectivity index is 1.79. The van der Waals surface area contributed by atoms with E-state index < -0.39 is 23.4 Å². The van der Waals surface area contributed by atoms with E-state index in [1.54, 1.807) is 11.4 Å². The number of methoxy groups -OCH3 is 1. The summed E-state index contributed by atoms with van der Waals surface area (Å²) in [7, 11) is 1.36. The third-order valence-corrected chi connectivity index (χ3v) is 4.11. The van der Waals surface area contributed by atoms with E-state index in [1.807, 2.05) is 0 Å². The van der Waals surface area contributed by atoms with Crippen LogP contribution >= 0.6 is 11.3 Å². The predicted octanol–water partition coefficient (Wildman–Crippen LogP) is 4.49. The lowest BCUT2D eigenvalue weighted by molar-refractivity contribution is 0.102. The molecule has 1 heterocycles. The molecule has 4 nitrogen and oxygen atoms in total. The van der Waals surface area contributed by atoms with Crippen LogP contribution < -0.4 is 10.1 Å². The van der Waals surface area contributed by atoms with Crippen molar-refractivity contribution in [3.05, 3.63) is 64.8 Å². The van der Waals surface area contributed by atoms with Crippen molar-refractivity contribution >= 4 is 22.4 Å². The summed E-state index contributed by atoms with van der Waals surface area (Å²) in [6, 6.07) is 7.03. The number of nitrogens with zero attached hydrogens (tertiary/aromatic N) is 1. The Hall–Kier alpha value is -2.87. The number of carbonyl (C=O) groups is 1. The Morgan fingerprint density at radius 1 is 1.12 bits per heavy atom. The summed E-state index contributed by atoms with van der Waals surface area (Å²) in [5, 5.41) is 4.26. The molecule has 128 valence electrons. The van der Waals surface area contributed by atoms with Crippen LogP contribution in [-0.2, 0) is 0 Å². The molecule has 0 saturated heterocycles. The Morgan fingerprint density at radius 2 is 1.92 bits per heavy atom. The van der Waals surface area contributed by atoms with E-state index in [-0.39, 0.29) is 16.4 Å². The summed E-state index contributed by atoms with van der Waals surface area (Å²) >= 11 is 1.10. The Bertz CT molecular complexity index is 943. The van der Waals surface area contributed by atoms with Gasteiger partial charge in [-0.1, -0.05) is 0 Å². The normalized spacial score (nSPS) is 10.6. The summed E-state index contributed by atoms with van der Waals surface area (Å²) in [5.74, 6) is -2.91. The molecule has 25 heavy (non-hydrogen) atoms. The summed E-state index contributed by atoms with van der Waals surface area (Å²) in [6.07, 6.45) is 0. The molecule has 1 aromatic heterocycles. The number of anilines is 1. The van der Waals surface area contributed by atoms with Crippen LogP contribution in [0.25, 0.3) is 11.3 Å². The molecule has 0 aliphatic carbocycles. The third-order valence-electron chi connectivity index (χ3n) is 3.35. The van der Waals surface area contributed by atoms with Crippen LogP contribution in [0.3, 0.4) is 0 Å². The summed E-state index contributed by atoms with van der Waals surface area (Å²) in [6.45, 7) is 0. The lowest BCUT2D eigenvalue weighted by atomic mass is 10.1. The minimum Gasteiger partial charge on any atom is -0.494 e. The number of hydrogen-bond acceptors (Lipinski definition) is 4. The second-order valence-corrected chi connectivity index (χ2v) is 5.82. The number of hydrogen-bond donors (Lipinski definition) is 1. The van der Waals surface area contributed by atoms with Gasteiger partial charge < -0.3 is 4.74 Å². The van der Waals surface area contributed by atoms with Gasteiger partial charge in [-0.25, -0.2) is 18.2 Å². The Morgan fingerprint density at radius 3 is 2.60 bits per heavy atom. The number of rotatable bonds is 4. The van der Waals surface area contributed by atoms with E-state index in [0.717, 1.165) is 23.5 Å². The molecule has 1 amide bonds. The van der Waals surface area contributed by atoms with E-state index in [1.165, 1.54) is 19.2 Å². The maximum atomic E-state index is 13.8. The molecule has 0 fully saturated rings. The molecule has 0 aliphatic heterocycles. The highest BCUT2D eigenvalue weighted by Crippen LogP contribution is 2.28. The molecule has 0 atom stereocenters. The maximum absolute atomic E-state index is 13.8. The molecule has 0 spiro atoms. The standard InChI is InChI=1S/C17H11F3N2O2S/c1-24-15-5-2-9(6-13(15)20)14-8-25-17(21-14)22-16(23)11-4-3-10(18)7-12(11)19/h2-8H,1H3,(H,21,22,23). The Kier molecular flexibility index (Phi) is 4.71. The van der Waals surface area contributed by atoms with Gasteiger partial charge in [-0.2, -0.15) is 0 Å². The van der Waals surface area contributed by atoms with Gasteiger partial charge in [0.1, 0.15) is 11.6 Å². The van der Waals surface area contributed by atoms with Gasteiger partial charge in [-0.15, -0.1) is 11.3 Å². The van der Waals surface area contributed by atoms with Crippen LogP contribution in [0.15, 0.2) is 41.8 Å². The molecular formula is C17H11F3N2O2S. The van der Waals surface area contributed by atoms with Crippen molar-refractivity contribution in [1.82, 2.24) is 4.98 Å². The van der Waals surface area contributed by atoms with Crippen LogP contribution in [0.5, 0.6) is 5.75 Å². The van der Waals surface area contributed by atoms with Gasteiger partial charge >= 0.3 is 0 Å². The summed E-state index contributed by atoms with van der Waals surface area (Å²) in [5.41, 5.74) is 0.651. The molecular weight excluding hydrogens is 353 g/mol. The van der Waals surface area contributed by atoms with Gasteiger partial charge in [0.05, 0.1) is 18.4 Å². The zero-order chi connectivity index (χ0) is 18.0. The number of halogens is 3. The molecule has 0 radical (unpaired) electrons. The summed E-state index contributed by atoms with van der Waals surface area (Å²) < 4.78 is 45.1. The number of amides is 1. The van der Waals surface area contributed by atoms with E-state index in [0.29, 0.717) is 17.3 Å². The fourth-order valence-corrected chi connectivity index (χ4v) is 2.84. The van der Waals surface area contributed by atoms with Crippen LogP contribution in [0.1, 0.15) is 10.4 Å². The first-order chi connectivity index (χ1) is 12.0. The van der Waals surface area contributed by atoms with Crippen LogP contribution in [0.4, 0.5) is 18.3 Å². The highest BCUT2D eigenvalue weighted by Gasteiger charge is 2.15. The van der Waals surface area contributed by atoms with Crippen molar-refractivity contribution in [2.24, 2.45) is 0 Å². The zero-order valence-corrected chi connectivity index (χ0v) is 13.7. The average Bonchev–Trinajstić information content (AvgIpc) is 3.03. The van der Waals surface area contributed by atoms with Gasteiger partial charge in [0, 0.05) is 17.0 Å². The fourth-order valence-electron chi connectivity index (χ4n) is 2.13. The fraction of sp³-hybridized carbons (Fsp3) is 0.0588. The number of aromatic nitrogens is 1. The predicted molar refractivity (Wildman–Crippen MR) is 88.4 cm³/mol. The van der Waals surface area contributed by atoms with Gasteiger partial charge in [-0.05, 0) is 30.3 Å². The second kappa shape index (κ2) is 6.94. The lowest BCUT2D eigenvalue weighted by Gasteiger charge is -2.04. The monoisotopic (exact) mass is 364 g/mol. The van der Waals surface area contributed by atoms with Crippen molar-refractivity contribution in [3.8, 4) is 17.0 Å². The van der Waals surface area contributed by atoms with E-state index in [2.05, 4.69) is 10.3 Å². The first-order valence-electron chi connectivity index (χ1n) is 7.04. The average molecular weight is 364 g/mol. The zero-order valence-electron chi connectivity index (χ0n) is 12.8. The first kappa shape index (κ1) is 17.0. The SMILES string of the molecule is COc1ccc(-c2csc(NC(=O)c3ccc(F)cc3F)n2)cc1F. The molecule has 3 aromatic rings. The van der Waals surface area contributed by atoms with Crippen LogP contribution in [0.2, 0.25) is 0 Å². The molecule has 0 bridgehead atoms. The Labute approximate surface area is 144 Å². The maximum Gasteiger partial charge on any atom is 0.260 e. The van der Waals surface area contributed by atoms with Gasteiger partial charge in [-0.3, -0.25) is 10.1 Å². The number of nitrogens with one attached hydrogen (secondary N) is 1. The molecule has 1 N–H and O–H groups in total. The third kappa shape index (κ3) is 3.63. The number of carbonyl (C=O) groups excluding carboxylic acids is 1. The van der Waals surface area contributed by atoms with Crippen molar-refractivity contribution in [1.29, 1.82) is 0 Å². The van der Waals surface area contributed by atoms with E-state index >= 15 is 0 Å². The topological polar surface area (TPSA) is 51.2 Å². The van der Waals surface area contributed by atoms with Crippen LogP contribution in [-0.4, -0.2) is 18.0 Å². The smallest absolute Gasteiger partial charge is 0.260 e. The lowest BCUT2D eigenvalue weighted by Crippen LogP contribution is -2.13. The number of ether oxygens (including phenoxy) is 1. The van der Waals surface area contributed by atoms with Crippen molar-refractivity contribution in [3.63, 3.8) is 0 Å². The quantitative estimate of drug-likeness (QED) is 0.742. The highest BCUT2D eigenvalue weighted by molar-refractivity contribution is 7.14. The number of benzene rings is 2. The molecule has 3 rings (SSSR count). The molecule has 0 unspecified atom stereocenters. The second-order valence-electron chi connectivity index (χ2n) is 4.97. The van der Waals surface area contributed by atoms with Gasteiger partial charge in [0.2, 0.25) is 0 Å². The molecule has 8 heteroatoms. The van der Waals surface area contributed by atoms with Crippen molar-refractivity contribution in [2.75, 3.05) is 12.4 Å². The molecule has 2 aromatic carbocycles. The van der Waals surface area contributed by atoms with E-state index in [4.69, 9.17) is 4.74 Å². The minimum absolute atomic E-state index is 0.110. The highest BCUT2D eigenvalue weighted by atomic mass is 32.1. The minimum atomic E-state index is -0.966. The first-order valence-corrected chi connectivity index (χ1v) is 7.91. The van der Waals surface area contributed by atoms with Gasteiger partial charge in [0.15, 0.2) is 16.7 Å².